The first-order chi connectivity index (χ1) is 17.9. The Balaban J connectivity index is 1.32. The summed E-state index contributed by atoms with van der Waals surface area (Å²) in [5.41, 5.74) is 4.71. The molecule has 0 spiro atoms. The number of anilines is 3. The zero-order chi connectivity index (χ0) is 27.2. The molecule has 0 radical (unpaired) electrons. The molecule has 198 valence electrons. The maximum atomic E-state index is 13.3. The third kappa shape index (κ3) is 4.60. The second kappa shape index (κ2) is 9.24. The summed E-state index contributed by atoms with van der Waals surface area (Å²) in [6.45, 7) is 1.40. The van der Waals surface area contributed by atoms with Crippen LogP contribution in [0.5, 0.6) is 0 Å². The third-order valence-corrected chi connectivity index (χ3v) is 7.33. The fraction of sp³-hybridized carbons (Fsp3) is 0.250. The molecule has 2 atom stereocenters. The molecule has 4 aromatic rings. The third-order valence-electron chi connectivity index (χ3n) is 6.20. The van der Waals surface area contributed by atoms with Crippen molar-refractivity contribution in [2.75, 3.05) is 35.4 Å². The van der Waals surface area contributed by atoms with Crippen LogP contribution in [0.1, 0.15) is 6.92 Å². The van der Waals surface area contributed by atoms with Crippen molar-refractivity contribution in [3.8, 4) is 5.69 Å². The van der Waals surface area contributed by atoms with Gasteiger partial charge in [0.2, 0.25) is 0 Å². The Morgan fingerprint density at radius 1 is 1.21 bits per heavy atom. The number of carbonyl (C=O) groups is 2. The number of aliphatic hydroxyl groups is 1. The smallest absolute Gasteiger partial charge is 0.260 e. The fourth-order valence-electron chi connectivity index (χ4n) is 4.07. The Hall–Kier alpha value is -4.27. The molecule has 1 aliphatic heterocycles. The van der Waals surface area contributed by atoms with Crippen molar-refractivity contribution in [2.24, 2.45) is 0 Å². The van der Waals surface area contributed by atoms with Crippen LogP contribution in [0.3, 0.4) is 0 Å². The van der Waals surface area contributed by atoms with Crippen molar-refractivity contribution in [1.82, 2.24) is 14.9 Å². The van der Waals surface area contributed by atoms with Gasteiger partial charge in [0.05, 0.1) is 29.1 Å². The summed E-state index contributed by atoms with van der Waals surface area (Å²) in [5.74, 6) is -1.02. The van der Waals surface area contributed by atoms with Crippen LogP contribution in [-0.2, 0) is 24.2 Å². The van der Waals surface area contributed by atoms with E-state index in [4.69, 9.17) is 15.0 Å². The second-order valence-corrected chi connectivity index (χ2v) is 11.0. The number of hydrogen-bond donors (Lipinski definition) is 3. The van der Waals surface area contributed by atoms with Gasteiger partial charge in [-0.2, -0.15) is 0 Å². The molecule has 2 aromatic carbocycles. The lowest BCUT2D eigenvalue weighted by atomic mass is 9.95. The van der Waals surface area contributed by atoms with Crippen LogP contribution < -0.4 is 16.0 Å². The molecular weight excluding hydrogens is 516 g/mol. The van der Waals surface area contributed by atoms with Crippen LogP contribution in [0, 0.1) is 0 Å². The number of nitrogens with two attached hydrogens (primary N) is 1. The van der Waals surface area contributed by atoms with Crippen LogP contribution in [0.2, 0.25) is 0 Å². The summed E-state index contributed by atoms with van der Waals surface area (Å²) < 4.78 is 35.5. The minimum absolute atomic E-state index is 0.0546. The number of benzene rings is 2. The number of nitrogen functional groups attached to an aromatic ring is 1. The predicted octanol–water partition coefficient (Wildman–Crippen LogP) is 1.12. The van der Waals surface area contributed by atoms with Crippen molar-refractivity contribution < 1.29 is 32.4 Å². The van der Waals surface area contributed by atoms with E-state index in [0.29, 0.717) is 22.3 Å². The molecule has 1 fully saturated rings. The molecule has 4 N–H and O–H groups in total. The number of rotatable bonds is 6. The Morgan fingerprint density at radius 3 is 2.66 bits per heavy atom. The number of nitrogens with zero attached hydrogens (tertiary/aromatic N) is 4. The van der Waals surface area contributed by atoms with Crippen molar-refractivity contribution in [2.45, 2.75) is 23.5 Å². The van der Waals surface area contributed by atoms with Crippen LogP contribution >= 0.6 is 0 Å². The maximum absolute atomic E-state index is 13.3. The number of nitrogens with one attached hydrogen (secondary N) is 1. The molecule has 5 rings (SSSR count). The van der Waals surface area contributed by atoms with Crippen LogP contribution in [0.15, 0.2) is 64.1 Å². The summed E-state index contributed by atoms with van der Waals surface area (Å²) >= 11 is 0. The average Bonchev–Trinajstić information content (AvgIpc) is 3.51. The first kappa shape index (κ1) is 25.4. The monoisotopic (exact) mass is 540 g/mol. The Bertz CT molecular complexity index is 1640. The fourth-order valence-corrected chi connectivity index (χ4v) is 4.71. The van der Waals surface area contributed by atoms with Crippen LogP contribution in [0.4, 0.5) is 17.3 Å². The summed E-state index contributed by atoms with van der Waals surface area (Å²) in [7, 11) is -3.34. The molecule has 1 saturated heterocycles. The number of aromatic nitrogens is 3. The van der Waals surface area contributed by atoms with E-state index >= 15 is 0 Å². The molecule has 1 aliphatic rings. The van der Waals surface area contributed by atoms with Crippen molar-refractivity contribution in [3.05, 3.63) is 54.7 Å². The molecule has 2 aromatic heterocycles. The van der Waals surface area contributed by atoms with Crippen molar-refractivity contribution in [1.29, 1.82) is 0 Å². The number of morpholine rings is 1. The lowest BCUT2D eigenvalue weighted by molar-refractivity contribution is -0.165. The molecule has 0 saturated carbocycles. The van der Waals surface area contributed by atoms with Gasteiger partial charge in [0.15, 0.2) is 38.8 Å². The Labute approximate surface area is 216 Å². The summed E-state index contributed by atoms with van der Waals surface area (Å²) in [5, 5.41) is 22.3. The van der Waals surface area contributed by atoms with Gasteiger partial charge >= 0.3 is 0 Å². The molecule has 2 amide bonds. The predicted molar refractivity (Wildman–Crippen MR) is 136 cm³/mol. The van der Waals surface area contributed by atoms with Gasteiger partial charge in [0, 0.05) is 30.3 Å². The SMILES string of the molecule is CC(O)(C(=O)Nc1ccc2c(N)noc2c1)[C@H]1OCCN(c2ccn(-c3ccc(S(C)(=O)=O)cc3)n2)C1=O. The van der Waals surface area contributed by atoms with E-state index in [1.165, 1.54) is 34.7 Å². The zero-order valence-electron chi connectivity index (χ0n) is 20.4. The number of ether oxygens (including phenoxy) is 1. The molecule has 13 nitrogen and oxygen atoms in total. The van der Waals surface area contributed by atoms with Gasteiger partial charge in [0.25, 0.3) is 11.8 Å². The molecule has 3 heterocycles. The van der Waals surface area contributed by atoms with E-state index in [2.05, 4.69) is 15.6 Å². The quantitative estimate of drug-likeness (QED) is 0.320. The topological polar surface area (TPSA) is 183 Å². The largest absolute Gasteiger partial charge is 0.380 e. The van der Waals surface area contributed by atoms with Crippen LogP contribution in [0.25, 0.3) is 16.7 Å². The summed E-state index contributed by atoms with van der Waals surface area (Å²) in [6.07, 6.45) is 1.23. The van der Waals surface area contributed by atoms with E-state index in [1.54, 1.807) is 36.5 Å². The highest BCUT2D eigenvalue weighted by Gasteiger charge is 2.49. The van der Waals surface area contributed by atoms with Gasteiger partial charge in [-0.3, -0.25) is 14.5 Å². The minimum Gasteiger partial charge on any atom is -0.380 e. The van der Waals surface area contributed by atoms with Crippen LogP contribution in [-0.4, -0.2) is 71.4 Å². The highest BCUT2D eigenvalue weighted by Crippen LogP contribution is 2.27. The van der Waals surface area contributed by atoms with Crippen molar-refractivity contribution in [3.63, 3.8) is 0 Å². The lowest BCUT2D eigenvalue weighted by Gasteiger charge is -2.37. The Morgan fingerprint density at radius 2 is 1.95 bits per heavy atom. The maximum Gasteiger partial charge on any atom is 0.260 e. The first-order valence-corrected chi connectivity index (χ1v) is 13.3. The van der Waals surface area contributed by atoms with Gasteiger partial charge < -0.3 is 25.4 Å². The number of sulfone groups is 1. The van der Waals surface area contributed by atoms with Gasteiger partial charge in [0.1, 0.15) is 0 Å². The molecule has 14 heteroatoms. The highest BCUT2D eigenvalue weighted by atomic mass is 32.2. The van der Waals surface area contributed by atoms with Gasteiger partial charge in [-0.25, -0.2) is 13.1 Å². The molecular formula is C24H24N6O7S. The van der Waals surface area contributed by atoms with E-state index in [0.717, 1.165) is 6.26 Å². The number of carbonyl (C=O) groups excluding carboxylic acids is 2. The number of fused-ring (bicyclic) bond motifs is 1. The lowest BCUT2D eigenvalue weighted by Crippen LogP contribution is -2.61. The second-order valence-electron chi connectivity index (χ2n) is 9.01. The van der Waals surface area contributed by atoms with E-state index in [-0.39, 0.29) is 29.7 Å². The molecule has 0 aliphatic carbocycles. The number of amides is 2. The molecule has 1 unspecified atom stereocenters. The molecule has 38 heavy (non-hydrogen) atoms. The minimum atomic E-state index is -3.34. The standard InChI is InChI=1S/C24H24N6O7S/c1-24(33,23(32)26-14-3-8-17-18(13-14)37-28-21(17)25)20-22(31)29(11-12-36-20)19-9-10-30(27-19)15-4-6-16(7-5-15)38(2,34)35/h3-10,13,20,33H,11-12H2,1-2H3,(H2,25,28)(H,26,32)/t20-,24?/m0/s1. The Kier molecular flexibility index (Phi) is 6.17. The van der Waals surface area contributed by atoms with E-state index in [9.17, 15) is 23.1 Å². The summed E-state index contributed by atoms with van der Waals surface area (Å²) in [4.78, 5) is 27.8. The number of hydrogen-bond acceptors (Lipinski definition) is 10. The molecule has 0 bridgehead atoms. The normalized spacial score (nSPS) is 17.9. The van der Waals surface area contributed by atoms with E-state index in [1.807, 2.05) is 0 Å². The average molecular weight is 541 g/mol. The van der Waals surface area contributed by atoms with Crippen molar-refractivity contribution >= 4 is 49.9 Å². The van der Waals surface area contributed by atoms with Gasteiger partial charge in [-0.15, -0.1) is 5.10 Å². The summed E-state index contributed by atoms with van der Waals surface area (Å²) in [6, 6.07) is 12.4. The highest BCUT2D eigenvalue weighted by molar-refractivity contribution is 7.90. The zero-order valence-corrected chi connectivity index (χ0v) is 21.2. The van der Waals surface area contributed by atoms with Gasteiger partial charge in [-0.1, -0.05) is 5.16 Å². The van der Waals surface area contributed by atoms with Gasteiger partial charge in [-0.05, 0) is 43.3 Å². The first-order valence-electron chi connectivity index (χ1n) is 11.4. The van der Waals surface area contributed by atoms with E-state index < -0.39 is 33.4 Å².